The summed E-state index contributed by atoms with van der Waals surface area (Å²) in [5.41, 5.74) is 3.83. The van der Waals surface area contributed by atoms with Crippen molar-refractivity contribution in [1.82, 2.24) is 9.78 Å². The van der Waals surface area contributed by atoms with Crippen LogP contribution in [0.2, 0.25) is 0 Å². The predicted octanol–water partition coefficient (Wildman–Crippen LogP) is 2.87. The molecule has 1 aliphatic carbocycles. The van der Waals surface area contributed by atoms with Gasteiger partial charge in [0.05, 0.1) is 11.8 Å². The van der Waals surface area contributed by atoms with Crippen LogP contribution in [0.25, 0.3) is 0 Å². The molecule has 0 fully saturated rings. The molecule has 1 atom stereocenters. The van der Waals surface area contributed by atoms with Crippen LogP contribution in [0.3, 0.4) is 0 Å². The molecule has 2 rings (SSSR count). The van der Waals surface area contributed by atoms with Gasteiger partial charge in [-0.3, -0.25) is 4.68 Å². The van der Waals surface area contributed by atoms with Crippen molar-refractivity contribution in [2.24, 2.45) is 0 Å². The second-order valence-corrected chi connectivity index (χ2v) is 5.11. The fourth-order valence-corrected chi connectivity index (χ4v) is 2.63. The number of hydrogen-bond donors (Lipinski definition) is 1. The lowest BCUT2D eigenvalue weighted by molar-refractivity contribution is 0.211. The van der Waals surface area contributed by atoms with Crippen molar-refractivity contribution < 1.29 is 5.11 Å². The SMILES string of the molecule is CCc1cc(CC2=CC(O)CCCC2)n(CC)n1. The van der Waals surface area contributed by atoms with Crippen LogP contribution in [0, 0.1) is 0 Å². The first kappa shape index (κ1) is 13.3. The number of aromatic nitrogens is 2. The Hall–Kier alpha value is -1.09. The largest absolute Gasteiger partial charge is 0.389 e. The smallest absolute Gasteiger partial charge is 0.0723 e. The molecule has 0 aliphatic heterocycles. The Kier molecular flexibility index (Phi) is 4.59. The lowest BCUT2D eigenvalue weighted by Crippen LogP contribution is -2.05. The normalized spacial score (nSPS) is 20.6. The molecule has 3 nitrogen and oxygen atoms in total. The topological polar surface area (TPSA) is 38.0 Å². The van der Waals surface area contributed by atoms with E-state index in [0.29, 0.717) is 0 Å². The minimum atomic E-state index is -0.244. The fraction of sp³-hybridized carbons (Fsp3) is 0.667. The van der Waals surface area contributed by atoms with Gasteiger partial charge in [0, 0.05) is 18.7 Å². The molecule has 0 bridgehead atoms. The van der Waals surface area contributed by atoms with Crippen molar-refractivity contribution in [1.29, 1.82) is 0 Å². The van der Waals surface area contributed by atoms with Crippen molar-refractivity contribution in [2.45, 2.75) is 65.0 Å². The number of nitrogens with zero attached hydrogens (tertiary/aromatic N) is 2. The molecule has 0 saturated heterocycles. The molecule has 0 amide bonds. The molecule has 3 heteroatoms. The van der Waals surface area contributed by atoms with Crippen LogP contribution in [0.15, 0.2) is 17.7 Å². The quantitative estimate of drug-likeness (QED) is 0.832. The molecule has 0 spiro atoms. The third-order valence-corrected chi connectivity index (χ3v) is 3.66. The molecule has 0 aromatic carbocycles. The van der Waals surface area contributed by atoms with Gasteiger partial charge in [-0.2, -0.15) is 5.10 Å². The van der Waals surface area contributed by atoms with E-state index >= 15 is 0 Å². The number of aliphatic hydroxyl groups excluding tert-OH is 1. The molecule has 1 unspecified atom stereocenters. The standard InChI is InChI=1S/C15H24N2O/c1-3-13-11-14(17(4-2)16-13)9-12-7-5-6-8-15(18)10-12/h10-11,15,18H,3-9H2,1-2H3. The van der Waals surface area contributed by atoms with Gasteiger partial charge in [-0.05, 0) is 38.7 Å². The second kappa shape index (κ2) is 6.19. The number of aliphatic hydroxyl groups is 1. The Morgan fingerprint density at radius 2 is 2.22 bits per heavy atom. The molecular weight excluding hydrogens is 224 g/mol. The summed E-state index contributed by atoms with van der Waals surface area (Å²) in [6.07, 6.45) is 8.11. The van der Waals surface area contributed by atoms with Gasteiger partial charge in [0.2, 0.25) is 0 Å². The monoisotopic (exact) mass is 248 g/mol. The minimum Gasteiger partial charge on any atom is -0.389 e. The van der Waals surface area contributed by atoms with Gasteiger partial charge in [-0.1, -0.05) is 25.0 Å². The highest BCUT2D eigenvalue weighted by atomic mass is 16.3. The molecule has 0 saturated carbocycles. The zero-order valence-electron chi connectivity index (χ0n) is 11.5. The summed E-state index contributed by atoms with van der Waals surface area (Å²) < 4.78 is 2.09. The van der Waals surface area contributed by atoms with Gasteiger partial charge >= 0.3 is 0 Å². The first-order valence-electron chi connectivity index (χ1n) is 7.16. The highest BCUT2D eigenvalue weighted by Crippen LogP contribution is 2.21. The molecule has 100 valence electrons. The molecule has 1 heterocycles. The Balaban J connectivity index is 2.14. The van der Waals surface area contributed by atoms with E-state index in [4.69, 9.17) is 0 Å². The number of rotatable bonds is 4. The zero-order valence-corrected chi connectivity index (χ0v) is 11.5. The maximum absolute atomic E-state index is 9.82. The van der Waals surface area contributed by atoms with E-state index in [2.05, 4.69) is 35.8 Å². The van der Waals surface area contributed by atoms with E-state index in [0.717, 1.165) is 38.6 Å². The average Bonchev–Trinajstić information content (AvgIpc) is 2.64. The van der Waals surface area contributed by atoms with Crippen molar-refractivity contribution in [2.75, 3.05) is 0 Å². The van der Waals surface area contributed by atoms with Gasteiger partial charge in [0.15, 0.2) is 0 Å². The maximum atomic E-state index is 9.82. The Bertz CT molecular complexity index is 420. The van der Waals surface area contributed by atoms with Crippen LogP contribution in [0.1, 0.15) is 50.9 Å². The van der Waals surface area contributed by atoms with Gasteiger partial charge in [0.1, 0.15) is 0 Å². The summed E-state index contributed by atoms with van der Waals surface area (Å²) in [5, 5.41) is 14.4. The summed E-state index contributed by atoms with van der Waals surface area (Å²) in [6, 6.07) is 2.21. The van der Waals surface area contributed by atoms with Crippen molar-refractivity contribution in [3.8, 4) is 0 Å². The molecular formula is C15H24N2O. The van der Waals surface area contributed by atoms with Crippen molar-refractivity contribution in [3.05, 3.63) is 29.1 Å². The van der Waals surface area contributed by atoms with E-state index in [-0.39, 0.29) is 6.10 Å². The molecule has 1 aromatic rings. The molecule has 0 radical (unpaired) electrons. The number of allylic oxidation sites excluding steroid dienone is 1. The summed E-state index contributed by atoms with van der Waals surface area (Å²) >= 11 is 0. The van der Waals surface area contributed by atoms with Gasteiger partial charge in [-0.25, -0.2) is 0 Å². The van der Waals surface area contributed by atoms with Crippen molar-refractivity contribution >= 4 is 0 Å². The Morgan fingerprint density at radius 1 is 1.39 bits per heavy atom. The Morgan fingerprint density at radius 3 is 2.94 bits per heavy atom. The lowest BCUT2D eigenvalue weighted by atomic mass is 10.0. The van der Waals surface area contributed by atoms with E-state index in [9.17, 15) is 5.11 Å². The van der Waals surface area contributed by atoms with Crippen LogP contribution in [0.4, 0.5) is 0 Å². The highest BCUT2D eigenvalue weighted by molar-refractivity contribution is 5.20. The molecule has 1 aliphatic rings. The van der Waals surface area contributed by atoms with E-state index in [1.54, 1.807) is 0 Å². The third-order valence-electron chi connectivity index (χ3n) is 3.66. The zero-order chi connectivity index (χ0) is 13.0. The minimum absolute atomic E-state index is 0.244. The number of aryl methyl sites for hydroxylation is 2. The Labute approximate surface area is 110 Å². The van der Waals surface area contributed by atoms with Crippen LogP contribution >= 0.6 is 0 Å². The van der Waals surface area contributed by atoms with E-state index < -0.39 is 0 Å². The number of hydrogen-bond acceptors (Lipinski definition) is 2. The van der Waals surface area contributed by atoms with Crippen LogP contribution in [0.5, 0.6) is 0 Å². The van der Waals surface area contributed by atoms with E-state index in [1.807, 2.05) is 0 Å². The summed E-state index contributed by atoms with van der Waals surface area (Å²) in [6.45, 7) is 5.19. The van der Waals surface area contributed by atoms with Gasteiger partial charge < -0.3 is 5.11 Å². The van der Waals surface area contributed by atoms with Crippen molar-refractivity contribution in [3.63, 3.8) is 0 Å². The van der Waals surface area contributed by atoms with Crippen LogP contribution < -0.4 is 0 Å². The summed E-state index contributed by atoms with van der Waals surface area (Å²) in [5.74, 6) is 0. The predicted molar refractivity (Wildman–Crippen MR) is 73.5 cm³/mol. The second-order valence-electron chi connectivity index (χ2n) is 5.11. The lowest BCUT2D eigenvalue weighted by Gasteiger charge is -2.08. The first-order valence-corrected chi connectivity index (χ1v) is 7.16. The van der Waals surface area contributed by atoms with Gasteiger partial charge in [-0.15, -0.1) is 0 Å². The molecule has 18 heavy (non-hydrogen) atoms. The van der Waals surface area contributed by atoms with Crippen LogP contribution in [-0.4, -0.2) is 21.0 Å². The summed E-state index contributed by atoms with van der Waals surface area (Å²) in [4.78, 5) is 0. The van der Waals surface area contributed by atoms with Crippen LogP contribution in [-0.2, 0) is 19.4 Å². The molecule has 1 N–H and O–H groups in total. The highest BCUT2D eigenvalue weighted by Gasteiger charge is 2.12. The van der Waals surface area contributed by atoms with E-state index in [1.165, 1.54) is 23.4 Å². The third kappa shape index (κ3) is 3.22. The first-order chi connectivity index (χ1) is 8.72. The maximum Gasteiger partial charge on any atom is 0.0723 e. The average molecular weight is 248 g/mol. The fourth-order valence-electron chi connectivity index (χ4n) is 2.63. The van der Waals surface area contributed by atoms with Gasteiger partial charge in [0.25, 0.3) is 0 Å². The molecule has 1 aromatic heterocycles. The summed E-state index contributed by atoms with van der Waals surface area (Å²) in [7, 11) is 0.